The molecule has 13 heavy (non-hydrogen) atoms. The number of hydrogen-bond donors (Lipinski definition) is 0. The third-order valence-corrected chi connectivity index (χ3v) is 4.52. The SMILES string of the molecule is Cc1ccccc1-[si]1ccccc1. The summed E-state index contributed by atoms with van der Waals surface area (Å²) in [4.78, 5) is 0. The maximum atomic E-state index is 2.33. The summed E-state index contributed by atoms with van der Waals surface area (Å²) < 4.78 is 0. The van der Waals surface area contributed by atoms with Crippen molar-refractivity contribution in [2.75, 3.05) is 0 Å². The highest BCUT2D eigenvalue weighted by Crippen LogP contribution is 2.11. The fourth-order valence-electron chi connectivity index (χ4n) is 1.51. The number of benzene rings is 1. The lowest BCUT2D eigenvalue weighted by Crippen LogP contribution is -1.96. The maximum absolute atomic E-state index is 2.33. The van der Waals surface area contributed by atoms with Gasteiger partial charge in [0.1, 0.15) is 0 Å². The maximum Gasteiger partial charge on any atom is 0.0727 e. The van der Waals surface area contributed by atoms with Crippen LogP contribution in [0.15, 0.2) is 53.8 Å². The van der Waals surface area contributed by atoms with Gasteiger partial charge in [-0.1, -0.05) is 53.8 Å². The number of aryl methyl sites for hydroxylation is 1. The van der Waals surface area contributed by atoms with Gasteiger partial charge in [-0.05, 0) is 17.7 Å². The lowest BCUT2D eigenvalue weighted by atomic mass is 10.2. The first-order valence-corrected chi connectivity index (χ1v) is 6.14. The van der Waals surface area contributed by atoms with Crippen molar-refractivity contribution in [2.45, 2.75) is 6.92 Å². The van der Waals surface area contributed by atoms with Gasteiger partial charge in [0.15, 0.2) is 0 Å². The van der Waals surface area contributed by atoms with E-state index in [9.17, 15) is 0 Å². The van der Waals surface area contributed by atoms with Gasteiger partial charge >= 0.3 is 0 Å². The van der Waals surface area contributed by atoms with Crippen molar-refractivity contribution in [3.05, 3.63) is 59.4 Å². The molecule has 0 radical (unpaired) electrons. The van der Waals surface area contributed by atoms with E-state index in [4.69, 9.17) is 0 Å². The molecule has 1 heteroatoms. The minimum absolute atomic E-state index is 0.548. The zero-order chi connectivity index (χ0) is 9.10. The van der Waals surface area contributed by atoms with Gasteiger partial charge in [-0.2, -0.15) is 0 Å². The monoisotopic (exact) mass is 184 g/mol. The molecule has 0 aliphatic heterocycles. The predicted octanol–water partition coefficient (Wildman–Crippen LogP) is 3.01. The third kappa shape index (κ3) is 1.75. The summed E-state index contributed by atoms with van der Waals surface area (Å²) in [5.41, 5.74) is 6.06. The topological polar surface area (TPSA) is 0 Å². The smallest absolute Gasteiger partial charge is 0.0727 e. The molecule has 0 saturated carbocycles. The van der Waals surface area contributed by atoms with Crippen LogP contribution in [0.2, 0.25) is 0 Å². The second-order valence-electron chi connectivity index (χ2n) is 3.18. The molecular formula is C12H12Si. The number of hydrogen-bond acceptors (Lipinski definition) is 0. The normalized spacial score (nSPS) is 9.92. The minimum atomic E-state index is -0.548. The van der Waals surface area contributed by atoms with Crippen LogP contribution in [0.1, 0.15) is 5.56 Å². The van der Waals surface area contributed by atoms with E-state index >= 15 is 0 Å². The third-order valence-electron chi connectivity index (χ3n) is 2.23. The quantitative estimate of drug-likeness (QED) is 0.598. The molecule has 0 amide bonds. The summed E-state index contributed by atoms with van der Waals surface area (Å²) in [5.74, 6) is 0. The highest BCUT2D eigenvalue weighted by atomic mass is 28.2. The average Bonchev–Trinajstić information content (AvgIpc) is 2.20. The summed E-state index contributed by atoms with van der Waals surface area (Å²) in [5, 5.41) is 1.51. The van der Waals surface area contributed by atoms with Crippen molar-refractivity contribution >= 4 is 8.40 Å². The second kappa shape index (κ2) is 3.67. The Morgan fingerprint density at radius 2 is 1.54 bits per heavy atom. The van der Waals surface area contributed by atoms with E-state index in [2.05, 4.69) is 60.7 Å². The molecule has 0 aliphatic carbocycles. The fraction of sp³-hybridized carbons (Fsp3) is 0.0833. The molecule has 0 N–H and O–H groups in total. The summed E-state index contributed by atoms with van der Waals surface area (Å²) in [7, 11) is -0.548. The van der Waals surface area contributed by atoms with Crippen molar-refractivity contribution in [2.24, 2.45) is 0 Å². The Kier molecular flexibility index (Phi) is 2.37. The Morgan fingerprint density at radius 3 is 2.23 bits per heavy atom. The Balaban J connectivity index is 2.54. The fourth-order valence-corrected chi connectivity index (χ4v) is 3.45. The van der Waals surface area contributed by atoms with Crippen LogP contribution in [-0.4, -0.2) is 8.40 Å². The van der Waals surface area contributed by atoms with Crippen LogP contribution < -0.4 is 0 Å². The van der Waals surface area contributed by atoms with Gasteiger partial charge in [0, 0.05) is 0 Å². The van der Waals surface area contributed by atoms with Crippen LogP contribution >= 0.6 is 0 Å². The Labute approximate surface area is 80.4 Å². The van der Waals surface area contributed by atoms with Crippen LogP contribution in [0, 0.1) is 6.92 Å². The Hall–Kier alpha value is -1.21. The molecule has 0 nitrogen and oxygen atoms in total. The largest absolute Gasteiger partial charge is 0.0736 e. The number of rotatable bonds is 1. The van der Waals surface area contributed by atoms with Crippen LogP contribution in [-0.2, 0) is 0 Å². The molecule has 0 atom stereocenters. The van der Waals surface area contributed by atoms with E-state index in [0.717, 1.165) is 0 Å². The Morgan fingerprint density at radius 1 is 0.846 bits per heavy atom. The zero-order valence-electron chi connectivity index (χ0n) is 7.70. The predicted molar refractivity (Wildman–Crippen MR) is 58.5 cm³/mol. The molecule has 0 spiro atoms. The van der Waals surface area contributed by atoms with Gasteiger partial charge in [-0.3, -0.25) is 0 Å². The summed E-state index contributed by atoms with van der Waals surface area (Å²) in [6.45, 7) is 2.19. The average molecular weight is 184 g/mol. The van der Waals surface area contributed by atoms with Gasteiger partial charge in [0.2, 0.25) is 0 Å². The molecule has 0 aliphatic rings. The molecule has 2 rings (SSSR count). The Bertz CT molecular complexity index is 393. The van der Waals surface area contributed by atoms with E-state index in [0.29, 0.717) is 0 Å². The van der Waals surface area contributed by atoms with Crippen molar-refractivity contribution < 1.29 is 0 Å². The van der Waals surface area contributed by atoms with Crippen molar-refractivity contribution in [3.8, 4) is 5.19 Å². The zero-order valence-corrected chi connectivity index (χ0v) is 8.70. The highest BCUT2D eigenvalue weighted by Gasteiger charge is 1.98. The van der Waals surface area contributed by atoms with Crippen molar-refractivity contribution in [1.29, 1.82) is 0 Å². The van der Waals surface area contributed by atoms with Crippen LogP contribution in [0.25, 0.3) is 5.19 Å². The first kappa shape index (κ1) is 8.39. The molecule has 1 aromatic carbocycles. The van der Waals surface area contributed by atoms with Crippen LogP contribution in [0.3, 0.4) is 0 Å². The van der Waals surface area contributed by atoms with Gasteiger partial charge in [0.25, 0.3) is 0 Å². The lowest BCUT2D eigenvalue weighted by Gasteiger charge is -2.03. The molecule has 0 fully saturated rings. The van der Waals surface area contributed by atoms with E-state index in [1.807, 2.05) is 0 Å². The molecular weight excluding hydrogens is 172 g/mol. The molecule has 2 aromatic rings. The molecule has 64 valence electrons. The first-order chi connectivity index (χ1) is 6.38. The van der Waals surface area contributed by atoms with Gasteiger partial charge in [-0.25, -0.2) is 0 Å². The van der Waals surface area contributed by atoms with E-state index in [-0.39, 0.29) is 0 Å². The van der Waals surface area contributed by atoms with E-state index in [1.165, 1.54) is 10.8 Å². The standard InChI is InChI=1S/C12H12Si/c1-11-7-3-4-8-12(11)13-9-5-2-6-10-13/h2-10H,1H3. The van der Waals surface area contributed by atoms with E-state index in [1.54, 1.807) is 0 Å². The molecule has 0 saturated heterocycles. The summed E-state index contributed by atoms with van der Waals surface area (Å²) in [6, 6.07) is 15.0. The molecule has 1 aromatic heterocycles. The summed E-state index contributed by atoms with van der Waals surface area (Å²) in [6.07, 6.45) is 0. The first-order valence-electron chi connectivity index (χ1n) is 4.49. The highest BCUT2D eigenvalue weighted by molar-refractivity contribution is 6.64. The van der Waals surface area contributed by atoms with Gasteiger partial charge < -0.3 is 0 Å². The van der Waals surface area contributed by atoms with Crippen molar-refractivity contribution in [1.82, 2.24) is 0 Å². The van der Waals surface area contributed by atoms with Crippen LogP contribution in [0.5, 0.6) is 0 Å². The molecule has 0 bridgehead atoms. The molecule has 1 heterocycles. The van der Waals surface area contributed by atoms with Crippen molar-refractivity contribution in [3.63, 3.8) is 0 Å². The second-order valence-corrected chi connectivity index (χ2v) is 5.30. The summed E-state index contributed by atoms with van der Waals surface area (Å²) >= 11 is 0. The van der Waals surface area contributed by atoms with Gasteiger partial charge in [0.05, 0.1) is 8.40 Å². The van der Waals surface area contributed by atoms with Crippen LogP contribution in [0.4, 0.5) is 0 Å². The molecule has 0 unspecified atom stereocenters. The minimum Gasteiger partial charge on any atom is -0.0736 e. The lowest BCUT2D eigenvalue weighted by molar-refractivity contribution is 1.50. The van der Waals surface area contributed by atoms with Gasteiger partial charge in [-0.15, -0.1) is 0 Å². The van der Waals surface area contributed by atoms with E-state index < -0.39 is 8.40 Å².